The fourth-order valence-corrected chi connectivity index (χ4v) is 4.02. The number of hydrogen-bond acceptors (Lipinski definition) is 3. The first kappa shape index (κ1) is 24.0. The average molecular weight is 453 g/mol. The van der Waals surface area contributed by atoms with Crippen LogP contribution in [0.25, 0.3) is 0 Å². The second-order valence-electron chi connectivity index (χ2n) is 6.52. The number of allylic oxidation sites excluding steroid dienone is 3. The summed E-state index contributed by atoms with van der Waals surface area (Å²) in [4.78, 5) is 12.4. The van der Waals surface area contributed by atoms with Gasteiger partial charge in [-0.3, -0.25) is 4.79 Å². The van der Waals surface area contributed by atoms with Gasteiger partial charge in [0.1, 0.15) is 0 Å². The molecule has 0 fully saturated rings. The van der Waals surface area contributed by atoms with Crippen molar-refractivity contribution < 1.29 is 13.2 Å². The van der Waals surface area contributed by atoms with Crippen molar-refractivity contribution in [3.8, 4) is 0 Å². The summed E-state index contributed by atoms with van der Waals surface area (Å²) in [5.74, 6) is -1.11. The summed E-state index contributed by atoms with van der Waals surface area (Å²) in [5.41, 5.74) is 3.04. The zero-order valence-electron chi connectivity index (χ0n) is 15.8. The highest BCUT2D eigenvalue weighted by molar-refractivity contribution is 7.89. The lowest BCUT2D eigenvalue weighted by atomic mass is 10.1. The summed E-state index contributed by atoms with van der Waals surface area (Å²) in [6, 6.07) is 6.14. The predicted octanol–water partition coefficient (Wildman–Crippen LogP) is 5.58. The molecule has 1 aromatic carbocycles. The van der Waals surface area contributed by atoms with E-state index in [4.69, 9.17) is 34.8 Å². The molecule has 0 saturated carbocycles. The van der Waals surface area contributed by atoms with Crippen LogP contribution >= 0.6 is 34.8 Å². The van der Waals surface area contributed by atoms with E-state index in [1.807, 2.05) is 27.7 Å². The standard InChI is InChI=1S/C19H24Cl3NO3S/c1-14(2)6-5-7-15(3)12-13-23(18(24)19(20,21)22)27(25,26)17-10-8-16(4)9-11-17/h6,8-12H,5,7,13H2,1-4H3/b15-12-. The molecule has 0 saturated heterocycles. The summed E-state index contributed by atoms with van der Waals surface area (Å²) in [6.07, 6.45) is 5.32. The van der Waals surface area contributed by atoms with Crippen molar-refractivity contribution in [2.75, 3.05) is 6.54 Å². The second kappa shape index (κ2) is 9.97. The number of aryl methyl sites for hydroxylation is 1. The van der Waals surface area contributed by atoms with E-state index in [-0.39, 0.29) is 11.4 Å². The fraction of sp³-hybridized carbons (Fsp3) is 0.421. The van der Waals surface area contributed by atoms with Crippen LogP contribution in [0.5, 0.6) is 0 Å². The minimum absolute atomic E-state index is 0.0358. The summed E-state index contributed by atoms with van der Waals surface area (Å²) < 4.78 is 24.1. The zero-order valence-corrected chi connectivity index (χ0v) is 18.9. The number of alkyl halides is 3. The van der Waals surface area contributed by atoms with E-state index < -0.39 is 19.7 Å². The number of amides is 1. The molecule has 0 aliphatic heterocycles. The van der Waals surface area contributed by atoms with Gasteiger partial charge in [-0.2, -0.15) is 0 Å². The van der Waals surface area contributed by atoms with E-state index in [9.17, 15) is 13.2 Å². The van der Waals surface area contributed by atoms with Gasteiger partial charge >= 0.3 is 0 Å². The number of benzene rings is 1. The van der Waals surface area contributed by atoms with Gasteiger partial charge in [0.05, 0.1) is 11.4 Å². The molecule has 0 aliphatic rings. The normalized spacial score (nSPS) is 12.6. The number of carbonyl (C=O) groups excluding carboxylic acids is 1. The highest BCUT2D eigenvalue weighted by atomic mass is 35.6. The first-order chi connectivity index (χ1) is 12.4. The van der Waals surface area contributed by atoms with Gasteiger partial charge in [0.25, 0.3) is 19.7 Å². The average Bonchev–Trinajstić information content (AvgIpc) is 2.53. The molecule has 27 heavy (non-hydrogen) atoms. The van der Waals surface area contributed by atoms with E-state index >= 15 is 0 Å². The number of carbonyl (C=O) groups is 1. The molecule has 0 aromatic heterocycles. The van der Waals surface area contributed by atoms with Crippen molar-refractivity contribution in [1.29, 1.82) is 0 Å². The van der Waals surface area contributed by atoms with Crippen LogP contribution in [0.4, 0.5) is 0 Å². The fourth-order valence-electron chi connectivity index (χ4n) is 2.20. The Morgan fingerprint density at radius 2 is 1.63 bits per heavy atom. The summed E-state index contributed by atoms with van der Waals surface area (Å²) in [5, 5.41) is 0. The molecular formula is C19H24Cl3NO3S. The third kappa shape index (κ3) is 7.49. The van der Waals surface area contributed by atoms with Crippen LogP contribution in [0.1, 0.15) is 39.2 Å². The highest BCUT2D eigenvalue weighted by Gasteiger charge is 2.41. The van der Waals surface area contributed by atoms with Crippen LogP contribution in [-0.4, -0.2) is 29.0 Å². The maximum absolute atomic E-state index is 12.9. The molecular weight excluding hydrogens is 429 g/mol. The summed E-state index contributed by atoms with van der Waals surface area (Å²) >= 11 is 17.0. The molecule has 0 aliphatic carbocycles. The summed E-state index contributed by atoms with van der Waals surface area (Å²) in [7, 11) is -4.16. The maximum Gasteiger partial charge on any atom is 0.288 e. The van der Waals surface area contributed by atoms with Crippen LogP contribution in [0.15, 0.2) is 52.5 Å². The number of rotatable bonds is 7. The molecule has 0 heterocycles. The highest BCUT2D eigenvalue weighted by Crippen LogP contribution is 2.31. The van der Waals surface area contributed by atoms with Crippen molar-refractivity contribution in [2.24, 2.45) is 0 Å². The quantitative estimate of drug-likeness (QED) is 0.401. The Morgan fingerprint density at radius 3 is 2.11 bits per heavy atom. The van der Waals surface area contributed by atoms with Gasteiger partial charge in [-0.05, 0) is 52.7 Å². The van der Waals surface area contributed by atoms with E-state index in [0.717, 1.165) is 24.0 Å². The van der Waals surface area contributed by atoms with Crippen LogP contribution in [0, 0.1) is 6.92 Å². The van der Waals surface area contributed by atoms with E-state index in [2.05, 4.69) is 6.08 Å². The second-order valence-corrected chi connectivity index (χ2v) is 10.7. The SMILES string of the molecule is CC(C)=CCC/C(C)=C\CN(C(=O)C(Cl)(Cl)Cl)S(=O)(=O)c1ccc(C)cc1. The first-order valence-electron chi connectivity index (χ1n) is 8.35. The number of hydrogen-bond donors (Lipinski definition) is 0. The Hall–Kier alpha value is -1.01. The van der Waals surface area contributed by atoms with Gasteiger partial charge in [0.2, 0.25) is 0 Å². The molecule has 0 spiro atoms. The Morgan fingerprint density at radius 1 is 1.07 bits per heavy atom. The molecule has 1 amide bonds. The molecule has 0 atom stereocenters. The van der Waals surface area contributed by atoms with Crippen molar-refractivity contribution in [3.63, 3.8) is 0 Å². The topological polar surface area (TPSA) is 54.5 Å². The Kier molecular flexibility index (Phi) is 8.87. The molecule has 0 N–H and O–H groups in total. The Labute approximate surface area is 176 Å². The molecule has 0 unspecified atom stereocenters. The smallest absolute Gasteiger partial charge is 0.269 e. The van der Waals surface area contributed by atoms with Gasteiger partial charge in [-0.25, -0.2) is 12.7 Å². The molecule has 0 radical (unpaired) electrons. The van der Waals surface area contributed by atoms with Crippen molar-refractivity contribution in [3.05, 3.63) is 53.1 Å². The Bertz CT molecular complexity index is 819. The van der Waals surface area contributed by atoms with Crippen molar-refractivity contribution in [1.82, 2.24) is 4.31 Å². The summed E-state index contributed by atoms with van der Waals surface area (Å²) in [6.45, 7) is 7.52. The van der Waals surface area contributed by atoms with E-state index in [1.165, 1.54) is 17.7 Å². The van der Waals surface area contributed by atoms with Crippen molar-refractivity contribution >= 4 is 50.7 Å². The van der Waals surface area contributed by atoms with E-state index in [0.29, 0.717) is 4.31 Å². The zero-order chi connectivity index (χ0) is 20.8. The van der Waals surface area contributed by atoms with Crippen molar-refractivity contribution in [2.45, 2.75) is 49.2 Å². The minimum atomic E-state index is -4.16. The van der Waals surface area contributed by atoms with Gasteiger partial charge in [-0.15, -0.1) is 0 Å². The monoisotopic (exact) mass is 451 g/mol. The van der Waals surface area contributed by atoms with Crippen LogP contribution < -0.4 is 0 Å². The van der Waals surface area contributed by atoms with Crippen LogP contribution in [-0.2, 0) is 14.8 Å². The molecule has 0 bridgehead atoms. The molecule has 1 rings (SSSR count). The van der Waals surface area contributed by atoms with Crippen LogP contribution in [0.3, 0.4) is 0 Å². The molecule has 4 nitrogen and oxygen atoms in total. The molecule has 150 valence electrons. The maximum atomic E-state index is 12.9. The van der Waals surface area contributed by atoms with E-state index in [1.54, 1.807) is 18.2 Å². The third-order valence-corrected chi connectivity index (χ3v) is 6.02. The van der Waals surface area contributed by atoms with Crippen LogP contribution in [0.2, 0.25) is 0 Å². The van der Waals surface area contributed by atoms with Gasteiger partial charge < -0.3 is 0 Å². The Balaban J connectivity index is 3.16. The first-order valence-corrected chi connectivity index (χ1v) is 10.9. The van der Waals surface area contributed by atoms with Gasteiger partial charge in [-0.1, -0.05) is 75.8 Å². The number of halogens is 3. The lowest BCUT2D eigenvalue weighted by molar-refractivity contribution is -0.125. The number of nitrogens with zero attached hydrogens (tertiary/aromatic N) is 1. The number of sulfonamides is 1. The minimum Gasteiger partial charge on any atom is -0.269 e. The molecule has 1 aromatic rings. The molecule has 8 heteroatoms. The van der Waals surface area contributed by atoms with Gasteiger partial charge in [0, 0.05) is 0 Å². The largest absolute Gasteiger partial charge is 0.288 e. The third-order valence-electron chi connectivity index (χ3n) is 3.77. The lowest BCUT2D eigenvalue weighted by Gasteiger charge is -2.24. The van der Waals surface area contributed by atoms with Gasteiger partial charge in [0.15, 0.2) is 0 Å². The lowest BCUT2D eigenvalue weighted by Crippen LogP contribution is -2.43. The predicted molar refractivity (Wildman–Crippen MR) is 113 cm³/mol.